The Hall–Kier alpha value is -2.45. The van der Waals surface area contributed by atoms with Crippen molar-refractivity contribution in [1.82, 2.24) is 14.8 Å². The number of thiophene rings is 1. The zero-order valence-electron chi connectivity index (χ0n) is 18.0. The van der Waals surface area contributed by atoms with Gasteiger partial charge in [-0.05, 0) is 55.0 Å². The molecule has 0 radical (unpaired) electrons. The van der Waals surface area contributed by atoms with Gasteiger partial charge in [-0.1, -0.05) is 37.1 Å². The number of hydrogen-bond acceptors (Lipinski definition) is 6. The van der Waals surface area contributed by atoms with Gasteiger partial charge in [-0.3, -0.25) is 9.59 Å². The highest BCUT2D eigenvalue weighted by atomic mass is 32.2. The molecule has 0 bridgehead atoms. The molecule has 8 heteroatoms. The van der Waals surface area contributed by atoms with E-state index in [-0.39, 0.29) is 17.6 Å². The summed E-state index contributed by atoms with van der Waals surface area (Å²) in [7, 11) is 0. The summed E-state index contributed by atoms with van der Waals surface area (Å²) >= 11 is 3.21. The Labute approximate surface area is 195 Å². The van der Waals surface area contributed by atoms with Crippen molar-refractivity contribution in [3.63, 3.8) is 0 Å². The number of fused-ring (bicyclic) bond motifs is 1. The maximum absolute atomic E-state index is 13.0. The van der Waals surface area contributed by atoms with E-state index in [1.54, 1.807) is 17.4 Å². The van der Waals surface area contributed by atoms with Crippen LogP contribution in [0.5, 0.6) is 0 Å². The lowest BCUT2D eigenvalue weighted by Gasteiger charge is -2.25. The molecular formula is C24H26N4O2S2. The van der Waals surface area contributed by atoms with Crippen molar-refractivity contribution in [2.75, 3.05) is 11.1 Å². The van der Waals surface area contributed by atoms with Gasteiger partial charge in [0.25, 0.3) is 0 Å². The minimum absolute atomic E-state index is 0.0159. The standard InChI is InChI=1S/C24H26N4O2S2/c1-15-19-12-16(9-10-20(19)25-23(15)30)21(29)14-32-24-27-26-22(13-18-8-5-11-31-18)28(24)17-6-3-2-4-7-17/h5,8-12,15,17H,2-4,6-7,13-14H2,1H3,(H,25,30)/t15-/m1/s1. The monoisotopic (exact) mass is 466 g/mol. The number of carbonyl (C=O) groups is 2. The van der Waals surface area contributed by atoms with Crippen LogP contribution < -0.4 is 5.32 Å². The number of ketones is 1. The highest BCUT2D eigenvalue weighted by molar-refractivity contribution is 7.99. The number of benzene rings is 1. The summed E-state index contributed by atoms with van der Waals surface area (Å²) in [6.45, 7) is 1.87. The molecule has 5 rings (SSSR count). The molecule has 2 aromatic heterocycles. The van der Waals surface area contributed by atoms with Crippen LogP contribution in [-0.4, -0.2) is 32.2 Å². The first kappa shape index (κ1) is 21.4. The quantitative estimate of drug-likeness (QED) is 0.369. The normalized spacial score (nSPS) is 18.5. The minimum atomic E-state index is -0.223. The Morgan fingerprint density at radius 3 is 2.84 bits per heavy atom. The Bertz CT molecular complexity index is 1130. The zero-order chi connectivity index (χ0) is 22.1. The van der Waals surface area contributed by atoms with Crippen molar-refractivity contribution in [1.29, 1.82) is 0 Å². The predicted molar refractivity (Wildman–Crippen MR) is 128 cm³/mol. The van der Waals surface area contributed by atoms with Crippen LogP contribution in [0.4, 0.5) is 5.69 Å². The number of rotatable bonds is 7. The van der Waals surface area contributed by atoms with Crippen molar-refractivity contribution < 1.29 is 9.59 Å². The molecule has 1 amide bonds. The first-order chi connectivity index (χ1) is 15.6. The van der Waals surface area contributed by atoms with E-state index in [1.165, 1.54) is 35.9 Å². The maximum atomic E-state index is 13.0. The number of thioether (sulfide) groups is 1. The number of amides is 1. The summed E-state index contributed by atoms with van der Waals surface area (Å²) in [5, 5.41) is 14.8. The van der Waals surface area contributed by atoms with Gasteiger partial charge < -0.3 is 9.88 Å². The van der Waals surface area contributed by atoms with Gasteiger partial charge in [0.15, 0.2) is 10.9 Å². The molecular weight excluding hydrogens is 440 g/mol. The van der Waals surface area contributed by atoms with Gasteiger partial charge in [-0.25, -0.2) is 0 Å². The third kappa shape index (κ3) is 4.26. The summed E-state index contributed by atoms with van der Waals surface area (Å²) in [5.41, 5.74) is 2.35. The van der Waals surface area contributed by atoms with Crippen molar-refractivity contribution in [2.45, 2.75) is 62.6 Å². The highest BCUT2D eigenvalue weighted by Crippen LogP contribution is 2.35. The third-order valence-electron chi connectivity index (χ3n) is 6.41. The Morgan fingerprint density at radius 1 is 1.22 bits per heavy atom. The van der Waals surface area contributed by atoms with Gasteiger partial charge in [0.05, 0.1) is 11.7 Å². The zero-order valence-corrected chi connectivity index (χ0v) is 19.7. The van der Waals surface area contributed by atoms with Gasteiger partial charge >= 0.3 is 0 Å². The fourth-order valence-electron chi connectivity index (χ4n) is 4.61. The van der Waals surface area contributed by atoms with E-state index in [1.807, 2.05) is 19.1 Å². The number of nitrogens with one attached hydrogen (secondary N) is 1. The number of nitrogens with zero attached hydrogens (tertiary/aromatic N) is 3. The molecule has 32 heavy (non-hydrogen) atoms. The molecule has 1 N–H and O–H groups in total. The number of Topliss-reactive ketones (excluding diaryl/α,β-unsaturated/α-hetero) is 1. The second-order valence-electron chi connectivity index (χ2n) is 8.54. The van der Waals surface area contributed by atoms with E-state index < -0.39 is 0 Å². The molecule has 0 spiro atoms. The van der Waals surface area contributed by atoms with E-state index in [0.29, 0.717) is 17.4 Å². The van der Waals surface area contributed by atoms with Crippen molar-refractivity contribution in [2.24, 2.45) is 0 Å². The number of carbonyl (C=O) groups excluding carboxylic acids is 2. The van der Waals surface area contributed by atoms with Gasteiger partial charge in [-0.2, -0.15) is 0 Å². The summed E-state index contributed by atoms with van der Waals surface area (Å²) < 4.78 is 2.30. The second kappa shape index (κ2) is 9.19. The molecule has 3 aromatic rings. The SMILES string of the molecule is C[C@H]1C(=O)Nc2ccc(C(=O)CSc3nnc(Cc4cccs4)n3C3CCCCC3)cc21. The summed E-state index contributed by atoms with van der Waals surface area (Å²) in [5.74, 6) is 1.10. The molecule has 0 saturated heterocycles. The molecule has 1 aliphatic heterocycles. The molecule has 1 aromatic carbocycles. The van der Waals surface area contributed by atoms with Gasteiger partial charge in [-0.15, -0.1) is 21.5 Å². The average molecular weight is 467 g/mol. The van der Waals surface area contributed by atoms with Crippen molar-refractivity contribution in [3.8, 4) is 0 Å². The van der Waals surface area contributed by atoms with E-state index in [2.05, 4.69) is 37.6 Å². The first-order valence-electron chi connectivity index (χ1n) is 11.2. The van der Waals surface area contributed by atoms with Crippen molar-refractivity contribution in [3.05, 3.63) is 57.5 Å². The molecule has 6 nitrogen and oxygen atoms in total. The smallest absolute Gasteiger partial charge is 0.231 e. The van der Waals surface area contributed by atoms with Gasteiger partial charge in [0.1, 0.15) is 5.82 Å². The fourth-order valence-corrected chi connectivity index (χ4v) is 6.23. The molecule has 1 aliphatic carbocycles. The number of hydrogen-bond donors (Lipinski definition) is 1. The van der Waals surface area contributed by atoms with Crippen LogP contribution in [-0.2, 0) is 11.2 Å². The molecule has 3 heterocycles. The lowest BCUT2D eigenvalue weighted by Crippen LogP contribution is -2.17. The van der Waals surface area contributed by atoms with Crippen LogP contribution in [0.25, 0.3) is 0 Å². The van der Waals surface area contributed by atoms with Crippen LogP contribution in [0.2, 0.25) is 0 Å². The maximum Gasteiger partial charge on any atom is 0.231 e. The summed E-state index contributed by atoms with van der Waals surface area (Å²) in [4.78, 5) is 26.2. The molecule has 0 unspecified atom stereocenters. The van der Waals surface area contributed by atoms with Crippen LogP contribution in [0.15, 0.2) is 40.9 Å². The van der Waals surface area contributed by atoms with Crippen LogP contribution in [0, 0.1) is 0 Å². The van der Waals surface area contributed by atoms with E-state index >= 15 is 0 Å². The topological polar surface area (TPSA) is 76.9 Å². The largest absolute Gasteiger partial charge is 0.325 e. The molecule has 1 fully saturated rings. The second-order valence-corrected chi connectivity index (χ2v) is 10.5. The van der Waals surface area contributed by atoms with Crippen molar-refractivity contribution >= 4 is 40.5 Å². The van der Waals surface area contributed by atoms with E-state index in [0.717, 1.165) is 41.5 Å². The molecule has 2 aliphatic rings. The molecule has 166 valence electrons. The van der Waals surface area contributed by atoms with E-state index in [4.69, 9.17) is 0 Å². The van der Waals surface area contributed by atoms with Crippen LogP contribution in [0.1, 0.15) is 77.6 Å². The molecule has 1 saturated carbocycles. The predicted octanol–water partition coefficient (Wildman–Crippen LogP) is 5.47. The third-order valence-corrected chi connectivity index (χ3v) is 8.23. The minimum Gasteiger partial charge on any atom is -0.325 e. The summed E-state index contributed by atoms with van der Waals surface area (Å²) in [6, 6.07) is 10.1. The average Bonchev–Trinajstić information content (AvgIpc) is 3.53. The Kier molecular flexibility index (Phi) is 6.15. The highest BCUT2D eigenvalue weighted by Gasteiger charge is 2.28. The number of anilines is 1. The van der Waals surface area contributed by atoms with Gasteiger partial charge in [0, 0.05) is 28.6 Å². The van der Waals surface area contributed by atoms with Crippen LogP contribution >= 0.6 is 23.1 Å². The molecule has 1 atom stereocenters. The Balaban J connectivity index is 1.34. The van der Waals surface area contributed by atoms with Gasteiger partial charge in [0.2, 0.25) is 5.91 Å². The fraction of sp³-hybridized carbons (Fsp3) is 0.417. The lowest BCUT2D eigenvalue weighted by atomic mass is 9.95. The summed E-state index contributed by atoms with van der Waals surface area (Å²) in [6.07, 6.45) is 6.80. The first-order valence-corrected chi connectivity index (χ1v) is 13.0. The van der Waals surface area contributed by atoms with E-state index in [9.17, 15) is 9.59 Å². The number of aromatic nitrogens is 3. The lowest BCUT2D eigenvalue weighted by molar-refractivity contribution is -0.116. The Morgan fingerprint density at radius 2 is 2.06 bits per heavy atom. The van der Waals surface area contributed by atoms with Crippen LogP contribution in [0.3, 0.4) is 0 Å².